The third-order valence-electron chi connectivity index (χ3n) is 7.96. The predicted molar refractivity (Wildman–Crippen MR) is 198 cm³/mol. The zero-order valence-corrected chi connectivity index (χ0v) is 32.5. The van der Waals surface area contributed by atoms with Crippen LogP contribution >= 0.6 is 0 Å². The van der Waals surface area contributed by atoms with E-state index in [1.807, 2.05) is 0 Å². The van der Waals surface area contributed by atoms with Crippen molar-refractivity contribution in [2.45, 2.75) is 179 Å². The Morgan fingerprint density at radius 1 is 0.638 bits per heavy atom. The molecule has 0 heterocycles. The van der Waals surface area contributed by atoms with Crippen molar-refractivity contribution in [3.8, 4) is 0 Å². The molecule has 0 unspecified atom stereocenters. The van der Waals surface area contributed by atoms with Crippen LogP contribution in [-0.2, 0) is 0 Å². The smallest absolute Gasteiger partial charge is 0.418 e. The van der Waals surface area contributed by atoms with Gasteiger partial charge < -0.3 is 37.3 Å². The van der Waals surface area contributed by atoms with Gasteiger partial charge in [0, 0.05) is 42.8 Å². The molecule has 0 aliphatic carbocycles. The summed E-state index contributed by atoms with van der Waals surface area (Å²) in [6.45, 7) is 39.6. The van der Waals surface area contributed by atoms with Gasteiger partial charge in [-0.05, 0) is 117 Å². The Morgan fingerprint density at radius 3 is 1.28 bits per heavy atom. The maximum atomic E-state index is 9.75. The highest BCUT2D eigenvalue weighted by atomic mass is 19.5. The van der Waals surface area contributed by atoms with E-state index in [-0.39, 0.29) is 0 Å². The Balaban J connectivity index is 0.00000204. The number of hydrogen-bond donors (Lipinski definition) is 1. The molecule has 0 radical (unpaired) electrons. The van der Waals surface area contributed by atoms with E-state index in [0.717, 1.165) is 30.7 Å². The fourth-order valence-corrected chi connectivity index (χ4v) is 6.66. The molecule has 2 rings (SSSR count). The summed E-state index contributed by atoms with van der Waals surface area (Å²) in [4.78, 5) is 18.0. The SMILES string of the molecule is CCCCN=C(N=c1c(N(C(C)C)C(C)C)c1N(C(C)C)C(C)C)Nc1c(N(C(C)C)C(C)C)c1=[N+](C(C)C)C(C)C.F[B-](F)(F)F. The molecule has 0 bridgehead atoms. The van der Waals surface area contributed by atoms with Crippen LogP contribution in [-0.4, -0.2) is 68.1 Å². The fourth-order valence-electron chi connectivity index (χ4n) is 6.66. The Labute approximate surface area is 283 Å². The molecule has 0 aliphatic heterocycles. The maximum absolute atomic E-state index is 9.75. The summed E-state index contributed by atoms with van der Waals surface area (Å²) in [6, 6.07) is 3.09. The van der Waals surface area contributed by atoms with Crippen molar-refractivity contribution >= 4 is 36.0 Å². The lowest BCUT2D eigenvalue weighted by Crippen LogP contribution is -2.41. The van der Waals surface area contributed by atoms with Crippen LogP contribution in [0.25, 0.3) is 0 Å². The van der Waals surface area contributed by atoms with Crippen LogP contribution in [0.5, 0.6) is 0 Å². The fraction of sp³-hybridized carbons (Fsp3) is 0.800. The second-order valence-corrected chi connectivity index (χ2v) is 14.8. The van der Waals surface area contributed by atoms with Crippen molar-refractivity contribution in [2.24, 2.45) is 9.98 Å². The van der Waals surface area contributed by atoms with Crippen molar-refractivity contribution < 1.29 is 17.3 Å². The van der Waals surface area contributed by atoms with Gasteiger partial charge in [0.25, 0.3) is 5.36 Å². The van der Waals surface area contributed by atoms with Gasteiger partial charge in [-0.25, -0.2) is 9.57 Å². The molecule has 47 heavy (non-hydrogen) atoms. The summed E-state index contributed by atoms with van der Waals surface area (Å²) in [7, 11) is -6.00. The van der Waals surface area contributed by atoms with E-state index in [0.29, 0.717) is 48.3 Å². The Bertz CT molecular complexity index is 1230. The molecule has 2 aromatic carbocycles. The van der Waals surface area contributed by atoms with Crippen LogP contribution in [0, 0.1) is 0 Å². The van der Waals surface area contributed by atoms with E-state index in [1.54, 1.807) is 0 Å². The summed E-state index contributed by atoms with van der Waals surface area (Å²) in [5.41, 5.74) is 5.04. The molecule has 0 aromatic heterocycles. The third kappa shape index (κ3) is 12.1. The van der Waals surface area contributed by atoms with Crippen LogP contribution in [0.3, 0.4) is 0 Å². The first-order valence-corrected chi connectivity index (χ1v) is 17.8. The minimum Gasteiger partial charge on any atom is -0.418 e. The van der Waals surface area contributed by atoms with Crippen LogP contribution in [0.1, 0.15) is 131 Å². The highest BCUT2D eigenvalue weighted by molar-refractivity contribution is 6.50. The average Bonchev–Trinajstić information content (AvgIpc) is 3.73. The van der Waals surface area contributed by atoms with Gasteiger partial charge in [0.15, 0.2) is 0 Å². The first kappa shape index (κ1) is 42.5. The summed E-state index contributed by atoms with van der Waals surface area (Å²) in [6.07, 6.45) is 2.16. The van der Waals surface area contributed by atoms with E-state index < -0.39 is 7.25 Å². The molecule has 2 aromatic rings. The Morgan fingerprint density at radius 2 is 0.979 bits per heavy atom. The van der Waals surface area contributed by atoms with Crippen LogP contribution in [0.4, 0.5) is 40.0 Å². The first-order valence-electron chi connectivity index (χ1n) is 17.8. The van der Waals surface area contributed by atoms with E-state index >= 15 is 0 Å². The van der Waals surface area contributed by atoms with E-state index in [4.69, 9.17) is 9.98 Å². The van der Waals surface area contributed by atoms with Crippen molar-refractivity contribution in [3.05, 3.63) is 10.7 Å². The minimum atomic E-state index is -6.00. The Kier molecular flexibility index (Phi) is 16.0. The number of nitrogens with zero attached hydrogens (tertiary/aromatic N) is 6. The minimum absolute atomic E-state index is 0.381. The molecule has 12 heteroatoms. The van der Waals surface area contributed by atoms with Crippen molar-refractivity contribution in [2.75, 3.05) is 26.6 Å². The molecule has 272 valence electrons. The summed E-state index contributed by atoms with van der Waals surface area (Å²) in [5.74, 6) is 0.730. The maximum Gasteiger partial charge on any atom is 0.673 e. The largest absolute Gasteiger partial charge is 0.673 e. The second kappa shape index (κ2) is 17.7. The molecule has 0 spiro atoms. The molecule has 0 aliphatic rings. The van der Waals surface area contributed by atoms with Gasteiger partial charge >= 0.3 is 7.25 Å². The topological polar surface area (TPSA) is 49.5 Å². The van der Waals surface area contributed by atoms with Gasteiger partial charge in [-0.3, -0.25) is 4.99 Å². The zero-order valence-electron chi connectivity index (χ0n) is 32.5. The normalized spacial score (nSPS) is 13.0. The van der Waals surface area contributed by atoms with E-state index in [1.165, 1.54) is 28.1 Å². The van der Waals surface area contributed by atoms with Gasteiger partial charge in [0.1, 0.15) is 28.8 Å². The molecular formula is C35H66BF4N7. The molecule has 1 N–H and O–H groups in total. The summed E-state index contributed by atoms with van der Waals surface area (Å²) < 4.78 is 41.5. The van der Waals surface area contributed by atoms with Gasteiger partial charge in [0.2, 0.25) is 5.96 Å². The Hall–Kier alpha value is -2.53. The third-order valence-corrected chi connectivity index (χ3v) is 7.96. The first-order chi connectivity index (χ1) is 21.5. The number of unbranched alkanes of at least 4 members (excludes halogenated alkanes) is 1. The van der Waals surface area contributed by atoms with Gasteiger partial charge in [-0.15, -0.1) is 0 Å². The molecule has 7 nitrogen and oxygen atoms in total. The van der Waals surface area contributed by atoms with Gasteiger partial charge in [0.05, 0.1) is 11.4 Å². The standard InChI is InChI=1S/C35H65N7.BF4/c1-18-19-20-36-35(37-29-31(39(21(2)3)22(4)5)32(29)40(23(6)7)24(8)9)38-30-33(41(25(10)11)26(12)13)34(30)42(27(14)15)28(16)17;2-1(3,4)5/h21-28H,18-20H2,1-17H3;/q;-1/p+1. The summed E-state index contributed by atoms with van der Waals surface area (Å²) >= 11 is 0. The number of nitrogens with one attached hydrogen (secondary N) is 1. The van der Waals surface area contributed by atoms with Crippen molar-refractivity contribution in [1.82, 2.24) is 4.58 Å². The van der Waals surface area contributed by atoms with Crippen LogP contribution in [0.15, 0.2) is 9.98 Å². The summed E-state index contributed by atoms with van der Waals surface area (Å²) in [5, 5.41) is 6.19. The zero-order chi connectivity index (χ0) is 36.7. The number of guanidine groups is 1. The average molecular weight is 672 g/mol. The monoisotopic (exact) mass is 672 g/mol. The highest BCUT2D eigenvalue weighted by Gasteiger charge is 2.39. The predicted octanol–water partition coefficient (Wildman–Crippen LogP) is 8.37. The molecule has 0 fully saturated rings. The molecule has 0 saturated carbocycles. The van der Waals surface area contributed by atoms with E-state index in [2.05, 4.69) is 142 Å². The quantitative estimate of drug-likeness (QED) is 0.0517. The highest BCUT2D eigenvalue weighted by Crippen LogP contribution is 2.38. The van der Waals surface area contributed by atoms with Gasteiger partial charge in [-0.1, -0.05) is 13.3 Å². The number of hydrogen-bond acceptors (Lipinski definition) is 4. The van der Waals surface area contributed by atoms with Crippen molar-refractivity contribution in [3.63, 3.8) is 0 Å². The van der Waals surface area contributed by atoms with Crippen molar-refractivity contribution in [1.29, 1.82) is 0 Å². The van der Waals surface area contributed by atoms with E-state index in [9.17, 15) is 17.3 Å². The number of halogens is 4. The van der Waals surface area contributed by atoms with Crippen LogP contribution in [0.2, 0.25) is 0 Å². The number of rotatable bonds is 15. The molecule has 0 amide bonds. The second-order valence-electron chi connectivity index (χ2n) is 14.8. The molecule has 0 saturated heterocycles. The van der Waals surface area contributed by atoms with Crippen LogP contribution < -0.4 is 35.3 Å². The lowest BCUT2D eigenvalue weighted by molar-refractivity contribution is 0.368. The molecule has 0 atom stereocenters. The molecular weight excluding hydrogens is 605 g/mol. The lowest BCUT2D eigenvalue weighted by Gasteiger charge is -2.33. The lowest BCUT2D eigenvalue weighted by atomic mass is 10.2. The van der Waals surface area contributed by atoms with Gasteiger partial charge in [-0.2, -0.15) is 0 Å². The number of aliphatic imine (C=N–C) groups is 1. The number of anilines is 4.